The highest BCUT2D eigenvalue weighted by atomic mass is 32.2. The Morgan fingerprint density at radius 2 is 1.81 bits per heavy atom. The lowest BCUT2D eigenvalue weighted by Gasteiger charge is -2.32. The van der Waals surface area contributed by atoms with Gasteiger partial charge in [0.05, 0.1) is 19.1 Å². The van der Waals surface area contributed by atoms with E-state index in [2.05, 4.69) is 0 Å². The van der Waals surface area contributed by atoms with Crippen molar-refractivity contribution in [2.24, 2.45) is 0 Å². The molecule has 2 aromatic rings. The van der Waals surface area contributed by atoms with Gasteiger partial charge in [0.1, 0.15) is 0 Å². The molecule has 1 unspecified atom stereocenters. The van der Waals surface area contributed by atoms with Crippen LogP contribution in [0.3, 0.4) is 0 Å². The zero-order valence-corrected chi connectivity index (χ0v) is 19.3. The van der Waals surface area contributed by atoms with Crippen LogP contribution in [0, 0.1) is 0 Å². The molecule has 0 saturated carbocycles. The topological polar surface area (TPSA) is 76.2 Å². The number of rotatable bonds is 7. The fourth-order valence-corrected chi connectivity index (χ4v) is 5.66. The summed E-state index contributed by atoms with van der Waals surface area (Å²) in [4.78, 5) is 14.7. The Labute approximate surface area is 184 Å². The Hall–Kier alpha value is -2.58. The largest absolute Gasteiger partial charge is 0.493 e. The minimum absolute atomic E-state index is 0.0102. The number of nitrogens with zero attached hydrogens (tertiary/aromatic N) is 2. The van der Waals surface area contributed by atoms with E-state index in [1.54, 1.807) is 48.7 Å². The van der Waals surface area contributed by atoms with Gasteiger partial charge in [0, 0.05) is 37.3 Å². The van der Waals surface area contributed by atoms with Crippen molar-refractivity contribution in [2.45, 2.75) is 43.7 Å². The first-order valence-corrected chi connectivity index (χ1v) is 11.8. The Balaban J connectivity index is 1.76. The summed E-state index contributed by atoms with van der Waals surface area (Å²) in [6.07, 6.45) is 2.79. The lowest BCUT2D eigenvalue weighted by atomic mass is 10.1. The Bertz CT molecular complexity index is 1020. The quantitative estimate of drug-likeness (QED) is 0.650. The highest BCUT2D eigenvalue weighted by molar-refractivity contribution is 7.89. The number of hydrogen-bond donors (Lipinski definition) is 0. The van der Waals surface area contributed by atoms with E-state index in [0.29, 0.717) is 30.2 Å². The number of piperidine rings is 1. The van der Waals surface area contributed by atoms with Crippen molar-refractivity contribution in [3.8, 4) is 11.5 Å². The fourth-order valence-electron chi connectivity index (χ4n) is 3.96. The van der Waals surface area contributed by atoms with E-state index in [9.17, 15) is 13.2 Å². The van der Waals surface area contributed by atoms with Crippen molar-refractivity contribution in [2.75, 3.05) is 27.8 Å². The summed E-state index contributed by atoms with van der Waals surface area (Å²) >= 11 is 0. The molecular weight excluding hydrogens is 416 g/mol. The van der Waals surface area contributed by atoms with Gasteiger partial charge in [-0.05, 0) is 50.1 Å². The second-order valence-electron chi connectivity index (χ2n) is 7.80. The molecule has 2 aromatic carbocycles. The average Bonchev–Trinajstić information content (AvgIpc) is 2.78. The first-order chi connectivity index (χ1) is 14.8. The number of para-hydroxylation sites is 1. The summed E-state index contributed by atoms with van der Waals surface area (Å²) in [5, 5.41) is 0. The number of carbonyl (C=O) groups is 1. The zero-order chi connectivity index (χ0) is 22.6. The van der Waals surface area contributed by atoms with Gasteiger partial charge in [-0.2, -0.15) is 4.31 Å². The number of amides is 1. The van der Waals surface area contributed by atoms with Crippen molar-refractivity contribution >= 4 is 15.9 Å². The van der Waals surface area contributed by atoms with Gasteiger partial charge in [-0.25, -0.2) is 8.42 Å². The molecule has 1 saturated heterocycles. The van der Waals surface area contributed by atoms with Gasteiger partial charge in [0.25, 0.3) is 5.91 Å². The average molecular weight is 447 g/mol. The minimum atomic E-state index is -3.56. The third kappa shape index (κ3) is 4.85. The molecule has 0 aliphatic carbocycles. The van der Waals surface area contributed by atoms with Gasteiger partial charge in [-0.15, -0.1) is 0 Å². The third-order valence-electron chi connectivity index (χ3n) is 5.69. The Morgan fingerprint density at radius 3 is 2.42 bits per heavy atom. The lowest BCUT2D eigenvalue weighted by molar-refractivity contribution is 0.0784. The summed E-state index contributed by atoms with van der Waals surface area (Å²) in [6.45, 7) is 2.80. The SMILES string of the molecule is COc1cccc(CN(C)C(=O)c2ccc(S(=O)(=O)N3CCCCC3C)cc2)c1OC. The third-order valence-corrected chi connectivity index (χ3v) is 7.72. The van der Waals surface area contributed by atoms with Crippen LogP contribution in [0.15, 0.2) is 47.4 Å². The number of methoxy groups -OCH3 is 2. The van der Waals surface area contributed by atoms with Crippen LogP contribution in [0.4, 0.5) is 0 Å². The highest BCUT2D eigenvalue weighted by Crippen LogP contribution is 2.31. The summed E-state index contributed by atoms with van der Waals surface area (Å²) in [7, 11) is 1.26. The van der Waals surface area contributed by atoms with Gasteiger partial charge >= 0.3 is 0 Å². The van der Waals surface area contributed by atoms with E-state index in [0.717, 1.165) is 24.8 Å². The van der Waals surface area contributed by atoms with Crippen molar-refractivity contribution < 1.29 is 22.7 Å². The molecule has 1 fully saturated rings. The molecule has 168 valence electrons. The van der Waals surface area contributed by atoms with E-state index in [4.69, 9.17) is 9.47 Å². The molecule has 0 radical (unpaired) electrons. The standard InChI is InChI=1S/C23H30N2O5S/c1-17-8-5-6-15-25(17)31(27,28)20-13-11-18(12-14-20)23(26)24(2)16-19-9-7-10-21(29-3)22(19)30-4/h7,9-14,17H,5-6,8,15-16H2,1-4H3. The van der Waals surface area contributed by atoms with Gasteiger partial charge in [0.15, 0.2) is 11.5 Å². The molecule has 7 nitrogen and oxygen atoms in total. The minimum Gasteiger partial charge on any atom is -0.493 e. The summed E-state index contributed by atoms with van der Waals surface area (Å²) < 4.78 is 38.3. The van der Waals surface area contributed by atoms with E-state index in [1.165, 1.54) is 12.1 Å². The Morgan fingerprint density at radius 1 is 1.10 bits per heavy atom. The Kier molecular flexibility index (Phi) is 7.23. The first-order valence-electron chi connectivity index (χ1n) is 10.4. The zero-order valence-electron chi connectivity index (χ0n) is 18.5. The summed E-state index contributed by atoms with van der Waals surface area (Å²) in [6, 6.07) is 11.7. The number of sulfonamides is 1. The smallest absolute Gasteiger partial charge is 0.253 e. The van der Waals surface area contributed by atoms with Crippen LogP contribution in [0.1, 0.15) is 42.1 Å². The predicted octanol–water partition coefficient (Wildman–Crippen LogP) is 3.54. The molecule has 0 spiro atoms. The predicted molar refractivity (Wildman–Crippen MR) is 119 cm³/mol. The van der Waals surface area contributed by atoms with E-state index in [-0.39, 0.29) is 16.8 Å². The molecule has 0 N–H and O–H groups in total. The maximum Gasteiger partial charge on any atom is 0.253 e. The van der Waals surface area contributed by atoms with Crippen LogP contribution in [0.2, 0.25) is 0 Å². The van der Waals surface area contributed by atoms with Crippen LogP contribution < -0.4 is 9.47 Å². The van der Waals surface area contributed by atoms with E-state index < -0.39 is 10.0 Å². The number of benzene rings is 2. The van der Waals surface area contributed by atoms with Crippen LogP contribution in [0.5, 0.6) is 11.5 Å². The molecular formula is C23H30N2O5S. The van der Waals surface area contributed by atoms with E-state index in [1.807, 2.05) is 19.1 Å². The monoisotopic (exact) mass is 446 g/mol. The van der Waals surface area contributed by atoms with Crippen LogP contribution in [0.25, 0.3) is 0 Å². The van der Waals surface area contributed by atoms with Gasteiger partial charge in [-0.1, -0.05) is 18.6 Å². The van der Waals surface area contributed by atoms with Crippen molar-refractivity contribution in [3.63, 3.8) is 0 Å². The normalized spacial score (nSPS) is 17.2. The highest BCUT2D eigenvalue weighted by Gasteiger charge is 2.31. The molecule has 1 heterocycles. The fraction of sp³-hybridized carbons (Fsp3) is 0.435. The molecule has 0 aromatic heterocycles. The molecule has 1 amide bonds. The van der Waals surface area contributed by atoms with Crippen LogP contribution >= 0.6 is 0 Å². The lowest BCUT2D eigenvalue weighted by Crippen LogP contribution is -2.41. The summed E-state index contributed by atoms with van der Waals surface area (Å²) in [5.41, 5.74) is 1.24. The molecule has 1 atom stereocenters. The van der Waals surface area contributed by atoms with Crippen molar-refractivity contribution in [3.05, 3.63) is 53.6 Å². The van der Waals surface area contributed by atoms with Crippen LogP contribution in [-0.2, 0) is 16.6 Å². The number of carbonyl (C=O) groups excluding carboxylic acids is 1. The maximum absolute atomic E-state index is 13.0. The molecule has 3 rings (SSSR count). The van der Waals surface area contributed by atoms with Gasteiger partial charge < -0.3 is 14.4 Å². The molecule has 0 bridgehead atoms. The van der Waals surface area contributed by atoms with Gasteiger partial charge in [0.2, 0.25) is 10.0 Å². The van der Waals surface area contributed by atoms with Crippen molar-refractivity contribution in [1.82, 2.24) is 9.21 Å². The maximum atomic E-state index is 13.0. The second kappa shape index (κ2) is 9.70. The van der Waals surface area contributed by atoms with Gasteiger partial charge in [-0.3, -0.25) is 4.79 Å². The number of ether oxygens (including phenoxy) is 2. The molecule has 8 heteroatoms. The molecule has 31 heavy (non-hydrogen) atoms. The van der Waals surface area contributed by atoms with Crippen LogP contribution in [-0.4, -0.2) is 57.4 Å². The molecule has 1 aliphatic rings. The van der Waals surface area contributed by atoms with Crippen molar-refractivity contribution in [1.29, 1.82) is 0 Å². The van der Waals surface area contributed by atoms with E-state index >= 15 is 0 Å². The summed E-state index contributed by atoms with van der Waals surface area (Å²) in [5.74, 6) is 0.976. The second-order valence-corrected chi connectivity index (χ2v) is 9.69. The first kappa shape index (κ1) is 23.1. The number of hydrogen-bond acceptors (Lipinski definition) is 5. The molecule has 1 aliphatic heterocycles.